The number of amides is 2. The van der Waals surface area contributed by atoms with Gasteiger partial charge in [0.1, 0.15) is 44.5 Å². The summed E-state index contributed by atoms with van der Waals surface area (Å²) in [4.78, 5) is 34.3. The van der Waals surface area contributed by atoms with Crippen LogP contribution in [-0.2, 0) is 33.9 Å². The van der Waals surface area contributed by atoms with Crippen LogP contribution in [-0.4, -0.2) is 102 Å². The summed E-state index contributed by atoms with van der Waals surface area (Å²) in [7, 11) is 0. The van der Waals surface area contributed by atoms with Crippen molar-refractivity contribution >= 4 is 18.2 Å². The Labute approximate surface area is 263 Å². The lowest BCUT2D eigenvalue weighted by Crippen LogP contribution is -2.29. The normalized spacial score (nSPS) is 10.8. The fraction of sp³-hybridized carbons (Fsp3) is 0.469. The third-order valence-corrected chi connectivity index (χ3v) is 6.23. The van der Waals surface area contributed by atoms with Gasteiger partial charge in [0.25, 0.3) is 0 Å². The summed E-state index contributed by atoms with van der Waals surface area (Å²) >= 11 is 0. The second-order valence-corrected chi connectivity index (χ2v) is 9.82. The predicted octanol–water partition coefficient (Wildman–Crippen LogP) is 2.98. The number of carbonyl (C=O) groups excluding carboxylic acids is 3. The van der Waals surface area contributed by atoms with E-state index >= 15 is 0 Å². The Morgan fingerprint density at radius 1 is 0.667 bits per heavy atom. The number of benzene rings is 2. The summed E-state index contributed by atoms with van der Waals surface area (Å²) in [5.41, 5.74) is 1.88. The monoisotopic (exact) mass is 632 g/mol. The number of carbonyl (C=O) groups is 3. The Hall–Kier alpha value is -4.33. The first kappa shape index (κ1) is 36.9. The van der Waals surface area contributed by atoms with Gasteiger partial charge in [0, 0.05) is 24.6 Å². The molecule has 2 aromatic rings. The molecule has 0 aliphatic heterocycles. The van der Waals surface area contributed by atoms with Gasteiger partial charge in [0.05, 0.1) is 33.0 Å². The molecule has 2 amide bonds. The smallest absolute Gasteiger partial charge is 0.407 e. The second-order valence-electron chi connectivity index (χ2n) is 9.82. The number of alkyl carbamates (subject to hydrolysis) is 2. The molecule has 0 spiro atoms. The Morgan fingerprint density at radius 2 is 1.11 bits per heavy atom. The lowest BCUT2D eigenvalue weighted by Gasteiger charge is -2.26. The Bertz CT molecular complexity index is 1150. The van der Waals surface area contributed by atoms with E-state index in [0.717, 1.165) is 17.2 Å². The molecule has 0 unspecified atom stereocenters. The molecule has 45 heavy (non-hydrogen) atoms. The Kier molecular flexibility index (Phi) is 17.5. The molecule has 13 heteroatoms. The lowest BCUT2D eigenvalue weighted by molar-refractivity contribution is -0.139. The highest BCUT2D eigenvalue weighted by molar-refractivity contribution is 5.81. The number of aliphatic hydroxyl groups excluding tert-OH is 1. The fourth-order valence-corrected chi connectivity index (χ4v) is 3.77. The van der Waals surface area contributed by atoms with E-state index in [0.29, 0.717) is 24.7 Å². The van der Waals surface area contributed by atoms with Gasteiger partial charge in [-0.3, -0.25) is 0 Å². The van der Waals surface area contributed by atoms with E-state index in [-0.39, 0.29) is 71.4 Å². The van der Waals surface area contributed by atoms with E-state index in [1.165, 1.54) is 0 Å². The molecular formula is C32H44N2O11. The summed E-state index contributed by atoms with van der Waals surface area (Å²) in [5, 5.41) is 13.7. The third-order valence-electron chi connectivity index (χ3n) is 6.23. The van der Waals surface area contributed by atoms with Crippen molar-refractivity contribution < 1.29 is 52.6 Å². The van der Waals surface area contributed by atoms with Crippen molar-refractivity contribution in [3.8, 4) is 11.5 Å². The van der Waals surface area contributed by atoms with Crippen LogP contribution < -0.4 is 20.1 Å². The van der Waals surface area contributed by atoms with E-state index in [4.69, 9.17) is 38.3 Å². The predicted molar refractivity (Wildman–Crippen MR) is 165 cm³/mol. The molecule has 0 fully saturated rings. The summed E-state index contributed by atoms with van der Waals surface area (Å²) in [6, 6.07) is 15.5. The molecule has 0 bridgehead atoms. The Morgan fingerprint density at radius 3 is 1.56 bits per heavy atom. The molecule has 0 aromatic heterocycles. The van der Waals surface area contributed by atoms with Gasteiger partial charge in [-0.15, -0.1) is 0 Å². The molecule has 0 saturated heterocycles. The fourth-order valence-electron chi connectivity index (χ4n) is 3.77. The number of hydrogen-bond acceptors (Lipinski definition) is 11. The maximum absolute atomic E-state index is 11.8. The van der Waals surface area contributed by atoms with Crippen molar-refractivity contribution in [2.75, 3.05) is 79.2 Å². The average molecular weight is 633 g/mol. The van der Waals surface area contributed by atoms with Crippen LogP contribution in [0, 0.1) is 0 Å². The standard InChI is InChI=1S/C32H44N2O11/c1-4-29(36)43-20-19-40-17-14-34-31(38)45-24-22-42-28-11-7-26(8-12-28)32(2,3)25-5-9-27(10-6-25)41-21-23-44-30(37)33-13-16-39-18-15-35/h4-12,35H,1,13-24H2,2-3H3,(H,33,37)(H,34,38). The first-order chi connectivity index (χ1) is 21.8. The maximum Gasteiger partial charge on any atom is 0.407 e. The van der Waals surface area contributed by atoms with Crippen molar-refractivity contribution in [3.05, 3.63) is 72.3 Å². The molecule has 0 aliphatic carbocycles. The van der Waals surface area contributed by atoms with Crippen molar-refractivity contribution in [1.29, 1.82) is 0 Å². The van der Waals surface area contributed by atoms with Crippen molar-refractivity contribution in [2.24, 2.45) is 0 Å². The van der Waals surface area contributed by atoms with Crippen LogP contribution in [0.2, 0.25) is 0 Å². The average Bonchev–Trinajstić information content (AvgIpc) is 3.04. The van der Waals surface area contributed by atoms with Gasteiger partial charge in [0.2, 0.25) is 0 Å². The first-order valence-electron chi connectivity index (χ1n) is 14.6. The summed E-state index contributed by atoms with van der Waals surface area (Å²) in [6.45, 7) is 9.69. The molecular weight excluding hydrogens is 588 g/mol. The molecule has 13 nitrogen and oxygen atoms in total. The van der Waals surface area contributed by atoms with Gasteiger partial charge < -0.3 is 48.9 Å². The summed E-state index contributed by atoms with van der Waals surface area (Å²) in [6.07, 6.45) is -0.0634. The van der Waals surface area contributed by atoms with E-state index < -0.39 is 18.2 Å². The van der Waals surface area contributed by atoms with Crippen LogP contribution in [0.3, 0.4) is 0 Å². The van der Waals surface area contributed by atoms with Crippen LogP contribution in [0.5, 0.6) is 11.5 Å². The van der Waals surface area contributed by atoms with Gasteiger partial charge in [0.15, 0.2) is 0 Å². The number of rotatable bonds is 22. The molecule has 0 aliphatic rings. The largest absolute Gasteiger partial charge is 0.490 e. The molecule has 0 atom stereocenters. The van der Waals surface area contributed by atoms with E-state index in [2.05, 4.69) is 31.1 Å². The third kappa shape index (κ3) is 15.3. The quantitative estimate of drug-likeness (QED) is 0.0758. The van der Waals surface area contributed by atoms with E-state index in [1.807, 2.05) is 48.5 Å². The van der Waals surface area contributed by atoms with Crippen LogP contribution in [0.25, 0.3) is 0 Å². The molecule has 3 N–H and O–H groups in total. The van der Waals surface area contributed by atoms with Gasteiger partial charge in [-0.25, -0.2) is 14.4 Å². The van der Waals surface area contributed by atoms with Crippen LogP contribution in [0.4, 0.5) is 9.59 Å². The van der Waals surface area contributed by atoms with Crippen molar-refractivity contribution in [1.82, 2.24) is 10.6 Å². The molecule has 0 saturated carbocycles. The molecule has 2 rings (SSSR count). The van der Waals surface area contributed by atoms with Crippen molar-refractivity contribution in [3.63, 3.8) is 0 Å². The highest BCUT2D eigenvalue weighted by Gasteiger charge is 2.23. The van der Waals surface area contributed by atoms with Crippen LogP contribution in [0.15, 0.2) is 61.2 Å². The number of ether oxygens (including phenoxy) is 7. The zero-order valence-electron chi connectivity index (χ0n) is 25.9. The number of nitrogens with one attached hydrogen (secondary N) is 2. The maximum atomic E-state index is 11.8. The number of aliphatic hydroxyl groups is 1. The highest BCUT2D eigenvalue weighted by atomic mass is 16.6. The second kappa shape index (κ2) is 21.4. The minimum absolute atomic E-state index is 0.0632. The summed E-state index contributed by atoms with van der Waals surface area (Å²) in [5.74, 6) is 0.798. The lowest BCUT2D eigenvalue weighted by atomic mass is 9.78. The number of hydrogen-bond donors (Lipinski definition) is 3. The topological polar surface area (TPSA) is 160 Å². The van der Waals surface area contributed by atoms with Gasteiger partial charge >= 0.3 is 18.2 Å². The first-order valence-corrected chi connectivity index (χ1v) is 14.6. The minimum atomic E-state index is -0.581. The molecule has 2 aromatic carbocycles. The van der Waals surface area contributed by atoms with E-state index in [9.17, 15) is 14.4 Å². The van der Waals surface area contributed by atoms with Crippen molar-refractivity contribution in [2.45, 2.75) is 19.3 Å². The summed E-state index contributed by atoms with van der Waals surface area (Å²) < 4.78 is 36.6. The Balaban J connectivity index is 1.63. The zero-order chi connectivity index (χ0) is 32.8. The number of esters is 1. The molecule has 0 heterocycles. The SMILES string of the molecule is C=CC(=O)OCCOCCNC(=O)OCCOc1ccc(C(C)(C)c2ccc(OCCOC(=O)NCCOCCO)cc2)cc1. The molecule has 248 valence electrons. The highest BCUT2D eigenvalue weighted by Crippen LogP contribution is 2.33. The van der Waals surface area contributed by atoms with Gasteiger partial charge in [-0.1, -0.05) is 44.7 Å². The van der Waals surface area contributed by atoms with E-state index in [1.54, 1.807) is 0 Å². The zero-order valence-corrected chi connectivity index (χ0v) is 25.9. The van der Waals surface area contributed by atoms with Crippen LogP contribution >= 0.6 is 0 Å². The van der Waals surface area contributed by atoms with Gasteiger partial charge in [-0.05, 0) is 35.4 Å². The van der Waals surface area contributed by atoms with Crippen LogP contribution in [0.1, 0.15) is 25.0 Å². The van der Waals surface area contributed by atoms with Gasteiger partial charge in [-0.2, -0.15) is 0 Å². The molecule has 0 radical (unpaired) electrons. The minimum Gasteiger partial charge on any atom is -0.490 e.